The van der Waals surface area contributed by atoms with Crippen LogP contribution in [-0.4, -0.2) is 28.0 Å². The fraction of sp³-hybridized carbons (Fsp3) is 0.421. The van der Waals surface area contributed by atoms with E-state index in [0.29, 0.717) is 22.9 Å². The fourth-order valence-electron chi connectivity index (χ4n) is 4.19. The summed E-state index contributed by atoms with van der Waals surface area (Å²) in [4.78, 5) is 23.9. The summed E-state index contributed by atoms with van der Waals surface area (Å²) in [6.45, 7) is 0. The van der Waals surface area contributed by atoms with E-state index in [1.54, 1.807) is 30.6 Å². The van der Waals surface area contributed by atoms with Crippen molar-refractivity contribution in [3.05, 3.63) is 47.7 Å². The highest BCUT2D eigenvalue weighted by Crippen LogP contribution is 2.41. The number of nitrogens with one attached hydrogen (secondary N) is 2. The Morgan fingerprint density at radius 1 is 1.15 bits per heavy atom. The number of hydrogen-bond donors (Lipinski definition) is 2. The van der Waals surface area contributed by atoms with Gasteiger partial charge in [0.25, 0.3) is 5.91 Å². The lowest BCUT2D eigenvalue weighted by molar-refractivity contribution is -0.121. The van der Waals surface area contributed by atoms with Crippen molar-refractivity contribution in [3.8, 4) is 0 Å². The summed E-state index contributed by atoms with van der Waals surface area (Å²) in [5.74, 6) is 1.10. The third-order valence-corrected chi connectivity index (χ3v) is 5.56. The van der Waals surface area contributed by atoms with Crippen LogP contribution < -0.4 is 15.8 Å². The predicted octanol–water partition coefficient (Wildman–Crippen LogP) is 3.41. The molecule has 0 spiro atoms. The Labute approximate surface area is 157 Å². The van der Waals surface area contributed by atoms with E-state index in [0.717, 1.165) is 18.5 Å². The van der Waals surface area contributed by atoms with Gasteiger partial charge in [0.1, 0.15) is 6.04 Å². The number of anilines is 2. The molecule has 4 rings (SSSR count). The van der Waals surface area contributed by atoms with Crippen LogP contribution in [0.25, 0.3) is 0 Å². The molecule has 2 aliphatic rings. The lowest BCUT2D eigenvalue weighted by atomic mass is 9.85. The summed E-state index contributed by atoms with van der Waals surface area (Å²) in [7, 11) is 0. The van der Waals surface area contributed by atoms with Crippen LogP contribution in [0.5, 0.6) is 0 Å². The third-order valence-electron chi connectivity index (χ3n) is 5.33. The number of carbonyl (C=O) groups is 1. The molecule has 1 aromatic carbocycles. The van der Waals surface area contributed by atoms with Crippen molar-refractivity contribution in [3.63, 3.8) is 0 Å². The quantitative estimate of drug-likeness (QED) is 0.806. The van der Waals surface area contributed by atoms with Crippen molar-refractivity contribution in [2.75, 3.05) is 10.3 Å². The van der Waals surface area contributed by atoms with Crippen LogP contribution in [0.15, 0.2) is 42.7 Å². The highest BCUT2D eigenvalue weighted by Gasteiger charge is 2.46. The SMILES string of the molecule is O=C(NNc1cccc(Cl)c1)[C@@H]1C[C@H]2CCCC[C@@H]2N1c1ncccn1. The first-order valence-corrected chi connectivity index (χ1v) is 9.47. The minimum Gasteiger partial charge on any atom is -0.325 e. The molecule has 1 amide bonds. The molecule has 1 aromatic heterocycles. The average Bonchev–Trinajstić information content (AvgIpc) is 3.06. The van der Waals surface area contributed by atoms with Gasteiger partial charge in [0.05, 0.1) is 5.69 Å². The van der Waals surface area contributed by atoms with E-state index >= 15 is 0 Å². The number of hydrogen-bond acceptors (Lipinski definition) is 5. The van der Waals surface area contributed by atoms with E-state index in [9.17, 15) is 4.79 Å². The summed E-state index contributed by atoms with van der Waals surface area (Å²) >= 11 is 6.00. The Kier molecular flexibility index (Phi) is 4.93. The van der Waals surface area contributed by atoms with Crippen molar-refractivity contribution in [2.24, 2.45) is 5.92 Å². The Morgan fingerprint density at radius 3 is 2.77 bits per heavy atom. The van der Waals surface area contributed by atoms with E-state index in [1.165, 1.54) is 19.3 Å². The van der Waals surface area contributed by atoms with Crippen molar-refractivity contribution < 1.29 is 4.79 Å². The Bertz CT molecular complexity index is 772. The number of aromatic nitrogens is 2. The number of benzene rings is 1. The highest BCUT2D eigenvalue weighted by atomic mass is 35.5. The molecule has 136 valence electrons. The van der Waals surface area contributed by atoms with Crippen molar-refractivity contribution in [2.45, 2.75) is 44.2 Å². The van der Waals surface area contributed by atoms with E-state index in [-0.39, 0.29) is 11.9 Å². The largest absolute Gasteiger partial charge is 0.325 e. The minimum atomic E-state index is -0.266. The zero-order chi connectivity index (χ0) is 17.9. The maximum atomic E-state index is 12.9. The van der Waals surface area contributed by atoms with Crippen LogP contribution in [0.4, 0.5) is 11.6 Å². The van der Waals surface area contributed by atoms with Crippen molar-refractivity contribution in [1.29, 1.82) is 0 Å². The van der Waals surface area contributed by atoms with Crippen LogP contribution in [0, 0.1) is 5.92 Å². The van der Waals surface area contributed by atoms with E-state index in [1.807, 2.05) is 12.1 Å². The highest BCUT2D eigenvalue weighted by molar-refractivity contribution is 6.30. The molecule has 0 unspecified atom stereocenters. The minimum absolute atomic E-state index is 0.0631. The summed E-state index contributed by atoms with van der Waals surface area (Å²) in [5, 5.41) is 0.621. The second kappa shape index (κ2) is 7.50. The van der Waals surface area contributed by atoms with Gasteiger partial charge in [-0.3, -0.25) is 15.6 Å². The monoisotopic (exact) mass is 371 g/mol. The Hall–Kier alpha value is -2.34. The number of hydrazine groups is 1. The second-order valence-electron chi connectivity index (χ2n) is 6.94. The van der Waals surface area contributed by atoms with Gasteiger partial charge in [-0.1, -0.05) is 30.5 Å². The van der Waals surface area contributed by atoms with Gasteiger partial charge in [0.2, 0.25) is 5.95 Å². The lowest BCUT2D eigenvalue weighted by Crippen LogP contribution is -2.48. The van der Waals surface area contributed by atoms with Crippen LogP contribution in [-0.2, 0) is 4.79 Å². The predicted molar refractivity (Wildman–Crippen MR) is 102 cm³/mol. The van der Waals surface area contributed by atoms with Gasteiger partial charge >= 0.3 is 0 Å². The second-order valence-corrected chi connectivity index (χ2v) is 7.38. The smallest absolute Gasteiger partial charge is 0.261 e. The maximum Gasteiger partial charge on any atom is 0.261 e. The average molecular weight is 372 g/mol. The maximum absolute atomic E-state index is 12.9. The van der Waals surface area contributed by atoms with Crippen LogP contribution in [0.1, 0.15) is 32.1 Å². The third kappa shape index (κ3) is 3.46. The molecule has 1 saturated heterocycles. The normalized spacial score (nSPS) is 24.8. The van der Waals surface area contributed by atoms with Gasteiger partial charge in [0, 0.05) is 23.5 Å². The van der Waals surface area contributed by atoms with Gasteiger partial charge < -0.3 is 4.90 Å². The summed E-state index contributed by atoms with van der Waals surface area (Å²) < 4.78 is 0. The first kappa shape index (κ1) is 17.1. The molecule has 0 radical (unpaired) electrons. The number of amides is 1. The number of halogens is 1. The molecular formula is C19H22ClN5O. The van der Waals surface area contributed by atoms with Crippen LogP contribution >= 0.6 is 11.6 Å². The molecule has 1 aliphatic heterocycles. The fourth-order valence-corrected chi connectivity index (χ4v) is 4.38. The molecule has 6 nitrogen and oxygen atoms in total. The van der Waals surface area contributed by atoms with Crippen LogP contribution in [0.2, 0.25) is 5.02 Å². The van der Waals surface area contributed by atoms with Gasteiger partial charge in [-0.25, -0.2) is 9.97 Å². The van der Waals surface area contributed by atoms with E-state index in [4.69, 9.17) is 11.6 Å². The number of carbonyl (C=O) groups excluding carboxylic acids is 1. The van der Waals surface area contributed by atoms with Gasteiger partial charge in [-0.05, 0) is 49.4 Å². The lowest BCUT2D eigenvalue weighted by Gasteiger charge is -2.33. The first-order valence-electron chi connectivity index (χ1n) is 9.09. The molecule has 2 N–H and O–H groups in total. The molecule has 2 heterocycles. The number of nitrogens with zero attached hydrogens (tertiary/aromatic N) is 3. The summed E-state index contributed by atoms with van der Waals surface area (Å²) in [6.07, 6.45) is 8.99. The summed E-state index contributed by atoms with van der Waals surface area (Å²) in [6, 6.07) is 9.14. The Morgan fingerprint density at radius 2 is 1.96 bits per heavy atom. The topological polar surface area (TPSA) is 70.2 Å². The molecule has 2 fully saturated rings. The molecule has 3 atom stereocenters. The standard InChI is InChI=1S/C19H22ClN5O/c20-14-6-3-7-15(12-14)23-24-18(26)17-11-13-5-1-2-8-16(13)25(17)19-21-9-4-10-22-19/h3-4,6-7,9-10,12-13,16-17,23H,1-2,5,8,11H2,(H,24,26)/t13-,16+,17+/m1/s1. The van der Waals surface area contributed by atoms with Gasteiger partial charge in [-0.2, -0.15) is 0 Å². The molecule has 7 heteroatoms. The van der Waals surface area contributed by atoms with Crippen molar-refractivity contribution in [1.82, 2.24) is 15.4 Å². The molecule has 2 aromatic rings. The molecular weight excluding hydrogens is 350 g/mol. The number of fused-ring (bicyclic) bond motifs is 1. The molecule has 26 heavy (non-hydrogen) atoms. The summed E-state index contributed by atoms with van der Waals surface area (Å²) in [5.41, 5.74) is 6.55. The van der Waals surface area contributed by atoms with E-state index in [2.05, 4.69) is 25.7 Å². The Balaban J connectivity index is 1.52. The molecule has 1 aliphatic carbocycles. The molecule has 0 bridgehead atoms. The van der Waals surface area contributed by atoms with Gasteiger partial charge in [0.15, 0.2) is 0 Å². The zero-order valence-electron chi connectivity index (χ0n) is 14.4. The van der Waals surface area contributed by atoms with Gasteiger partial charge in [-0.15, -0.1) is 0 Å². The van der Waals surface area contributed by atoms with Crippen molar-refractivity contribution >= 4 is 29.1 Å². The van der Waals surface area contributed by atoms with Crippen LogP contribution in [0.3, 0.4) is 0 Å². The van der Waals surface area contributed by atoms with E-state index < -0.39 is 0 Å². The molecule has 1 saturated carbocycles. The number of rotatable bonds is 4. The first-order chi connectivity index (χ1) is 12.7. The zero-order valence-corrected chi connectivity index (χ0v) is 15.2.